The molecule has 0 radical (unpaired) electrons. The van der Waals surface area contributed by atoms with E-state index in [-0.39, 0.29) is 17.5 Å². The fourth-order valence-corrected chi connectivity index (χ4v) is 2.32. The Morgan fingerprint density at radius 3 is 2.57 bits per heavy atom. The Kier molecular flexibility index (Phi) is 4.28. The Labute approximate surface area is 127 Å². The number of rotatable bonds is 4. The summed E-state index contributed by atoms with van der Waals surface area (Å²) in [6, 6.07) is 10.4. The van der Waals surface area contributed by atoms with Crippen molar-refractivity contribution in [2.45, 2.75) is 13.0 Å². The number of hydrogen-bond acceptors (Lipinski definition) is 5. The zero-order valence-corrected chi connectivity index (χ0v) is 12.4. The van der Waals surface area contributed by atoms with E-state index in [2.05, 4.69) is 4.98 Å². The van der Waals surface area contributed by atoms with Gasteiger partial charge in [-0.2, -0.15) is 0 Å². The molecule has 1 aromatic heterocycles. The highest BCUT2D eigenvalue weighted by Crippen LogP contribution is 2.30. The summed E-state index contributed by atoms with van der Waals surface area (Å²) >= 11 is 6.19. The van der Waals surface area contributed by atoms with E-state index < -0.39 is 4.92 Å². The number of nitrogens with two attached hydrogens (primary N) is 1. The van der Waals surface area contributed by atoms with Crippen molar-refractivity contribution in [3.63, 3.8) is 0 Å². The Morgan fingerprint density at radius 2 is 2.00 bits per heavy atom. The minimum atomic E-state index is -0.552. The van der Waals surface area contributed by atoms with Gasteiger partial charge in [0.25, 0.3) is 0 Å². The van der Waals surface area contributed by atoms with E-state index in [9.17, 15) is 10.1 Å². The quantitative estimate of drug-likeness (QED) is 0.691. The van der Waals surface area contributed by atoms with Gasteiger partial charge in [-0.3, -0.25) is 10.1 Å². The molecule has 2 N–H and O–H groups in total. The summed E-state index contributed by atoms with van der Waals surface area (Å²) in [7, 11) is 1.83. The van der Waals surface area contributed by atoms with Crippen LogP contribution in [0.1, 0.15) is 18.5 Å². The van der Waals surface area contributed by atoms with Gasteiger partial charge in [0.1, 0.15) is 5.82 Å². The molecule has 0 aliphatic rings. The van der Waals surface area contributed by atoms with Gasteiger partial charge in [0.15, 0.2) is 0 Å². The zero-order valence-electron chi connectivity index (χ0n) is 11.7. The van der Waals surface area contributed by atoms with Crippen LogP contribution >= 0.6 is 11.6 Å². The number of nitrogens with zero attached hydrogens (tertiary/aromatic N) is 3. The molecule has 6 nitrogen and oxygen atoms in total. The zero-order chi connectivity index (χ0) is 15.6. The maximum Gasteiger partial charge on any atom is 0.311 e. The lowest BCUT2D eigenvalue weighted by atomic mass is 10.1. The number of aromatic nitrogens is 1. The minimum Gasteiger partial charge on any atom is -0.378 e. The van der Waals surface area contributed by atoms with Gasteiger partial charge in [-0.25, -0.2) is 4.98 Å². The Balaban J connectivity index is 2.32. The lowest BCUT2D eigenvalue weighted by Crippen LogP contribution is -2.23. The third-order valence-electron chi connectivity index (χ3n) is 3.38. The van der Waals surface area contributed by atoms with Gasteiger partial charge >= 0.3 is 5.69 Å². The lowest BCUT2D eigenvalue weighted by molar-refractivity contribution is -0.384. The molecule has 0 spiro atoms. The van der Waals surface area contributed by atoms with Crippen LogP contribution in [0.2, 0.25) is 5.02 Å². The summed E-state index contributed by atoms with van der Waals surface area (Å²) in [5.74, 6) is 0.446. The van der Waals surface area contributed by atoms with E-state index in [1.165, 1.54) is 6.07 Å². The predicted molar refractivity (Wildman–Crippen MR) is 83.6 cm³/mol. The Morgan fingerprint density at radius 1 is 1.33 bits per heavy atom. The van der Waals surface area contributed by atoms with Crippen LogP contribution in [-0.2, 0) is 0 Å². The number of nitro groups is 1. The number of pyridine rings is 1. The summed E-state index contributed by atoms with van der Waals surface area (Å²) in [5.41, 5.74) is 6.37. The molecule has 21 heavy (non-hydrogen) atoms. The maximum absolute atomic E-state index is 10.8. The molecule has 1 heterocycles. The van der Waals surface area contributed by atoms with Crippen molar-refractivity contribution in [1.82, 2.24) is 4.98 Å². The molecule has 1 unspecified atom stereocenters. The standard InChI is InChI=1S/C14H15ClN4O2/c1-9(10-5-3-4-6-11(10)15)18(2)13-8-7-12(19(20)21)14(16)17-13/h3-9H,1-2H3,(H2,16,17). The summed E-state index contributed by atoms with van der Waals surface area (Å²) in [4.78, 5) is 16.2. The van der Waals surface area contributed by atoms with Crippen molar-refractivity contribution in [2.24, 2.45) is 0 Å². The molecular weight excluding hydrogens is 292 g/mol. The van der Waals surface area contributed by atoms with Gasteiger partial charge in [0.2, 0.25) is 5.82 Å². The molecule has 2 aromatic rings. The van der Waals surface area contributed by atoms with Gasteiger partial charge in [0.05, 0.1) is 11.0 Å². The van der Waals surface area contributed by atoms with Crippen LogP contribution in [-0.4, -0.2) is 17.0 Å². The van der Waals surface area contributed by atoms with Gasteiger partial charge in [-0.1, -0.05) is 29.8 Å². The van der Waals surface area contributed by atoms with E-state index in [4.69, 9.17) is 17.3 Å². The molecule has 2 rings (SSSR count). The first kappa shape index (κ1) is 15.1. The van der Waals surface area contributed by atoms with Crippen molar-refractivity contribution in [2.75, 3.05) is 17.7 Å². The molecule has 0 saturated heterocycles. The average Bonchev–Trinajstić information content (AvgIpc) is 2.45. The molecule has 0 fully saturated rings. The van der Waals surface area contributed by atoms with E-state index in [0.717, 1.165) is 5.56 Å². The van der Waals surface area contributed by atoms with E-state index in [0.29, 0.717) is 10.8 Å². The van der Waals surface area contributed by atoms with E-state index >= 15 is 0 Å². The van der Waals surface area contributed by atoms with Crippen molar-refractivity contribution < 1.29 is 4.92 Å². The minimum absolute atomic E-state index is 0.0490. The molecule has 0 saturated carbocycles. The second-order valence-corrected chi connectivity index (χ2v) is 5.05. The smallest absolute Gasteiger partial charge is 0.311 e. The maximum atomic E-state index is 10.8. The molecule has 1 atom stereocenters. The fourth-order valence-electron chi connectivity index (χ4n) is 2.03. The molecule has 0 amide bonds. The van der Waals surface area contributed by atoms with Gasteiger partial charge in [-0.15, -0.1) is 0 Å². The van der Waals surface area contributed by atoms with Crippen molar-refractivity contribution in [1.29, 1.82) is 0 Å². The van der Waals surface area contributed by atoms with Crippen LogP contribution in [0.3, 0.4) is 0 Å². The third kappa shape index (κ3) is 3.05. The normalized spacial score (nSPS) is 12.0. The molecule has 1 aromatic carbocycles. The first-order chi connectivity index (χ1) is 9.91. The SMILES string of the molecule is CC(c1ccccc1Cl)N(C)c1ccc([N+](=O)[O-])c(N)n1. The molecule has 0 bridgehead atoms. The van der Waals surface area contributed by atoms with Crippen LogP contribution in [0, 0.1) is 10.1 Å². The lowest BCUT2D eigenvalue weighted by Gasteiger charge is -2.27. The summed E-state index contributed by atoms with van der Waals surface area (Å²) in [6.45, 7) is 1.97. The first-order valence-electron chi connectivity index (χ1n) is 6.30. The van der Waals surface area contributed by atoms with E-state index in [1.54, 1.807) is 6.07 Å². The van der Waals surface area contributed by atoms with Crippen molar-refractivity contribution in [3.05, 3.63) is 57.1 Å². The van der Waals surface area contributed by atoms with E-state index in [1.807, 2.05) is 43.1 Å². The highest BCUT2D eigenvalue weighted by atomic mass is 35.5. The second-order valence-electron chi connectivity index (χ2n) is 4.64. The third-order valence-corrected chi connectivity index (χ3v) is 3.73. The van der Waals surface area contributed by atoms with Gasteiger partial charge < -0.3 is 10.6 Å². The number of nitrogen functional groups attached to an aromatic ring is 1. The highest BCUT2D eigenvalue weighted by molar-refractivity contribution is 6.31. The molecular formula is C14H15ClN4O2. The monoisotopic (exact) mass is 306 g/mol. The van der Waals surface area contributed by atoms with Crippen LogP contribution in [0.5, 0.6) is 0 Å². The molecule has 7 heteroatoms. The fraction of sp³-hybridized carbons (Fsp3) is 0.214. The molecule has 0 aliphatic heterocycles. The highest BCUT2D eigenvalue weighted by Gasteiger charge is 2.19. The topological polar surface area (TPSA) is 85.3 Å². The van der Waals surface area contributed by atoms with Crippen molar-refractivity contribution >= 4 is 28.9 Å². The number of hydrogen-bond donors (Lipinski definition) is 1. The average molecular weight is 307 g/mol. The largest absolute Gasteiger partial charge is 0.378 e. The molecule has 0 aliphatic carbocycles. The second kappa shape index (κ2) is 5.97. The summed E-state index contributed by atoms with van der Waals surface area (Å²) in [5, 5.41) is 11.4. The van der Waals surface area contributed by atoms with Crippen LogP contribution in [0.4, 0.5) is 17.3 Å². The number of halogens is 1. The number of benzene rings is 1. The molecule has 110 valence electrons. The van der Waals surface area contributed by atoms with Crippen molar-refractivity contribution in [3.8, 4) is 0 Å². The van der Waals surface area contributed by atoms with Crippen LogP contribution < -0.4 is 10.6 Å². The first-order valence-corrected chi connectivity index (χ1v) is 6.67. The summed E-state index contributed by atoms with van der Waals surface area (Å²) in [6.07, 6.45) is 0. The van der Waals surface area contributed by atoms with Crippen LogP contribution in [0.15, 0.2) is 36.4 Å². The summed E-state index contributed by atoms with van der Waals surface area (Å²) < 4.78 is 0. The number of anilines is 2. The predicted octanol–water partition coefficient (Wildman–Crippen LogP) is 3.42. The Hall–Kier alpha value is -2.34. The van der Waals surface area contributed by atoms with Crippen LogP contribution in [0.25, 0.3) is 0 Å². The Bertz CT molecular complexity index is 678. The van der Waals surface area contributed by atoms with Gasteiger partial charge in [-0.05, 0) is 24.6 Å². The van der Waals surface area contributed by atoms with Gasteiger partial charge in [0, 0.05) is 18.1 Å².